The molecule has 2 unspecified atom stereocenters. The maximum Gasteiger partial charge on any atom is 0.224 e. The van der Waals surface area contributed by atoms with Crippen molar-refractivity contribution >= 4 is 22.4 Å². The number of hydrogen-bond acceptors (Lipinski definition) is 5. The third-order valence-electron chi connectivity index (χ3n) is 5.68. The number of carbonyl (C=O) groups is 1. The van der Waals surface area contributed by atoms with Crippen LogP contribution in [0.5, 0.6) is 0 Å². The summed E-state index contributed by atoms with van der Waals surface area (Å²) in [5.41, 5.74) is 8.02. The molecule has 1 aromatic carbocycles. The van der Waals surface area contributed by atoms with Gasteiger partial charge in [-0.15, -0.1) is 11.3 Å². The zero-order chi connectivity index (χ0) is 17.9. The molecule has 0 bridgehead atoms. The highest BCUT2D eigenvalue weighted by Gasteiger charge is 2.46. The van der Waals surface area contributed by atoms with Gasteiger partial charge in [-0.3, -0.25) is 9.69 Å². The number of nitrogens with one attached hydrogen (secondary N) is 1. The van der Waals surface area contributed by atoms with Gasteiger partial charge in [0.25, 0.3) is 0 Å². The maximum atomic E-state index is 12.8. The fourth-order valence-corrected chi connectivity index (χ4v) is 5.10. The van der Waals surface area contributed by atoms with Crippen LogP contribution in [0.4, 0.5) is 5.13 Å². The summed E-state index contributed by atoms with van der Waals surface area (Å²) in [6.07, 6.45) is 5.03. The molecule has 0 aliphatic carbocycles. The van der Waals surface area contributed by atoms with Crippen molar-refractivity contribution in [3.05, 3.63) is 47.0 Å². The average Bonchev–Trinajstić information content (AvgIpc) is 3.36. The van der Waals surface area contributed by atoms with Crippen molar-refractivity contribution in [1.82, 2.24) is 15.2 Å². The Balaban J connectivity index is 1.32. The van der Waals surface area contributed by atoms with E-state index in [0.717, 1.165) is 37.9 Å². The van der Waals surface area contributed by atoms with Crippen molar-refractivity contribution in [3.63, 3.8) is 0 Å². The third-order valence-corrected chi connectivity index (χ3v) is 6.41. The summed E-state index contributed by atoms with van der Waals surface area (Å²) in [7, 11) is 0. The van der Waals surface area contributed by atoms with Crippen LogP contribution in [0.1, 0.15) is 43.0 Å². The van der Waals surface area contributed by atoms with E-state index >= 15 is 0 Å². The van der Waals surface area contributed by atoms with E-state index in [2.05, 4.69) is 45.5 Å². The predicted molar refractivity (Wildman–Crippen MR) is 105 cm³/mol. The SMILES string of the molecule is Nc1nc(CCCNC(=O)C2CC(c3ccccc3)N3CCC[C@@H]23)cs1. The lowest BCUT2D eigenvalue weighted by molar-refractivity contribution is -0.125. The number of nitrogens with zero attached hydrogens (tertiary/aromatic N) is 2. The number of nitrogen functional groups attached to an aromatic ring is 1. The predicted octanol–water partition coefficient (Wildman–Crippen LogP) is 3.00. The molecule has 0 spiro atoms. The van der Waals surface area contributed by atoms with Crippen molar-refractivity contribution in [1.29, 1.82) is 0 Å². The average molecular weight is 371 g/mol. The molecule has 2 aliphatic heterocycles. The van der Waals surface area contributed by atoms with E-state index < -0.39 is 0 Å². The van der Waals surface area contributed by atoms with Crippen molar-refractivity contribution in [2.75, 3.05) is 18.8 Å². The molecule has 0 radical (unpaired) electrons. The van der Waals surface area contributed by atoms with Crippen LogP contribution in [0.3, 0.4) is 0 Å². The fourth-order valence-electron chi connectivity index (χ4n) is 4.50. The summed E-state index contributed by atoms with van der Waals surface area (Å²) < 4.78 is 0. The van der Waals surface area contributed by atoms with Crippen molar-refractivity contribution in [2.45, 2.75) is 44.2 Å². The summed E-state index contributed by atoms with van der Waals surface area (Å²) in [6.45, 7) is 1.81. The molecule has 3 atom stereocenters. The van der Waals surface area contributed by atoms with Gasteiger partial charge in [0.2, 0.25) is 5.91 Å². The van der Waals surface area contributed by atoms with Crippen LogP contribution in [0.25, 0.3) is 0 Å². The molecule has 3 N–H and O–H groups in total. The summed E-state index contributed by atoms with van der Waals surface area (Å²) in [6, 6.07) is 11.4. The van der Waals surface area contributed by atoms with Crippen LogP contribution in [-0.2, 0) is 11.2 Å². The van der Waals surface area contributed by atoms with Gasteiger partial charge < -0.3 is 11.1 Å². The normalized spacial score (nSPS) is 25.3. The number of carbonyl (C=O) groups excluding carboxylic acids is 1. The first-order chi connectivity index (χ1) is 12.7. The number of amides is 1. The third kappa shape index (κ3) is 3.62. The molecule has 3 heterocycles. The second-order valence-corrected chi connectivity index (χ2v) is 8.18. The number of aromatic nitrogens is 1. The van der Waals surface area contributed by atoms with Crippen LogP contribution in [0.2, 0.25) is 0 Å². The summed E-state index contributed by atoms with van der Waals surface area (Å²) >= 11 is 1.47. The first-order valence-electron chi connectivity index (χ1n) is 9.50. The molecule has 0 saturated carbocycles. The zero-order valence-corrected chi connectivity index (χ0v) is 15.8. The maximum absolute atomic E-state index is 12.8. The van der Waals surface area contributed by atoms with Crippen LogP contribution in [0, 0.1) is 5.92 Å². The Labute approximate surface area is 158 Å². The summed E-state index contributed by atoms with van der Waals surface area (Å²) in [5, 5.41) is 5.77. The van der Waals surface area contributed by atoms with Crippen LogP contribution < -0.4 is 11.1 Å². The summed E-state index contributed by atoms with van der Waals surface area (Å²) in [5.74, 6) is 0.329. The first kappa shape index (κ1) is 17.5. The van der Waals surface area contributed by atoms with Gasteiger partial charge in [-0.2, -0.15) is 0 Å². The quantitative estimate of drug-likeness (QED) is 0.767. The number of anilines is 1. The molecule has 138 valence electrons. The molecule has 2 fully saturated rings. The van der Waals surface area contributed by atoms with E-state index in [4.69, 9.17) is 5.73 Å². The minimum atomic E-state index is 0.109. The largest absolute Gasteiger partial charge is 0.375 e. The molecule has 1 aromatic heterocycles. The van der Waals surface area contributed by atoms with Gasteiger partial charge in [-0.05, 0) is 44.2 Å². The van der Waals surface area contributed by atoms with Gasteiger partial charge in [0, 0.05) is 24.0 Å². The minimum Gasteiger partial charge on any atom is -0.375 e. The highest BCUT2D eigenvalue weighted by atomic mass is 32.1. The van der Waals surface area contributed by atoms with E-state index in [-0.39, 0.29) is 11.8 Å². The molecule has 4 rings (SSSR count). The van der Waals surface area contributed by atoms with Gasteiger partial charge in [0.05, 0.1) is 11.6 Å². The Hall–Kier alpha value is -1.92. The zero-order valence-electron chi connectivity index (χ0n) is 14.9. The van der Waals surface area contributed by atoms with Gasteiger partial charge in [0.1, 0.15) is 0 Å². The number of rotatable bonds is 6. The van der Waals surface area contributed by atoms with Crippen molar-refractivity contribution < 1.29 is 4.79 Å². The Bertz CT molecular complexity index is 747. The highest BCUT2D eigenvalue weighted by molar-refractivity contribution is 7.13. The van der Waals surface area contributed by atoms with E-state index in [1.807, 2.05) is 5.38 Å². The smallest absolute Gasteiger partial charge is 0.224 e. The van der Waals surface area contributed by atoms with Gasteiger partial charge >= 0.3 is 0 Å². The molecule has 26 heavy (non-hydrogen) atoms. The highest BCUT2D eigenvalue weighted by Crippen LogP contribution is 2.44. The number of hydrogen-bond donors (Lipinski definition) is 2. The van der Waals surface area contributed by atoms with Crippen LogP contribution in [0.15, 0.2) is 35.7 Å². The van der Waals surface area contributed by atoms with E-state index in [1.165, 1.54) is 23.3 Å². The first-order valence-corrected chi connectivity index (χ1v) is 10.4. The number of aryl methyl sites for hydroxylation is 1. The Morgan fingerprint density at radius 3 is 2.96 bits per heavy atom. The molecule has 5 nitrogen and oxygen atoms in total. The molecule has 6 heteroatoms. The Kier molecular flexibility index (Phi) is 5.22. The molecule has 2 aromatic rings. The lowest BCUT2D eigenvalue weighted by Crippen LogP contribution is -2.37. The van der Waals surface area contributed by atoms with Crippen LogP contribution in [-0.4, -0.2) is 34.9 Å². The second kappa shape index (κ2) is 7.76. The molecule has 2 aliphatic rings. The topological polar surface area (TPSA) is 71.2 Å². The summed E-state index contributed by atoms with van der Waals surface area (Å²) in [4.78, 5) is 19.6. The van der Waals surface area contributed by atoms with Gasteiger partial charge in [0.15, 0.2) is 5.13 Å². The Morgan fingerprint density at radius 2 is 2.19 bits per heavy atom. The lowest BCUT2D eigenvalue weighted by Gasteiger charge is -2.24. The van der Waals surface area contributed by atoms with Gasteiger partial charge in [-0.25, -0.2) is 4.98 Å². The minimum absolute atomic E-state index is 0.109. The number of benzene rings is 1. The van der Waals surface area contributed by atoms with Gasteiger partial charge in [-0.1, -0.05) is 30.3 Å². The number of thiazole rings is 1. The second-order valence-electron chi connectivity index (χ2n) is 7.29. The van der Waals surface area contributed by atoms with Crippen molar-refractivity contribution in [2.24, 2.45) is 5.92 Å². The molecular formula is C20H26N4OS. The number of nitrogens with two attached hydrogens (primary N) is 1. The molecule has 2 saturated heterocycles. The van der Waals surface area contributed by atoms with Crippen LogP contribution >= 0.6 is 11.3 Å². The standard InChI is InChI=1S/C20H26N4OS/c21-20-23-15(13-26-20)8-4-10-22-19(25)16-12-18(14-6-2-1-3-7-14)24-11-5-9-17(16)24/h1-3,6-7,13,16-18H,4-5,8-12H2,(H2,21,23)(H,22,25)/t16?,17-,18?/m0/s1. The molecular weight excluding hydrogens is 344 g/mol. The van der Waals surface area contributed by atoms with Crippen molar-refractivity contribution in [3.8, 4) is 0 Å². The lowest BCUT2D eigenvalue weighted by atomic mass is 9.93. The Morgan fingerprint density at radius 1 is 1.35 bits per heavy atom. The van der Waals surface area contributed by atoms with E-state index in [0.29, 0.717) is 23.8 Å². The fraction of sp³-hybridized carbons (Fsp3) is 0.500. The number of fused-ring (bicyclic) bond motifs is 1. The monoisotopic (exact) mass is 370 g/mol. The van der Waals surface area contributed by atoms with E-state index in [1.54, 1.807) is 0 Å². The van der Waals surface area contributed by atoms with E-state index in [9.17, 15) is 4.79 Å². The molecule has 1 amide bonds.